The van der Waals surface area contributed by atoms with Gasteiger partial charge in [-0.3, -0.25) is 4.79 Å². The normalized spacial score (nSPS) is 23.6. The average Bonchev–Trinajstić information content (AvgIpc) is 3.08. The van der Waals surface area contributed by atoms with Crippen LogP contribution in [0.25, 0.3) is 0 Å². The first-order valence-corrected chi connectivity index (χ1v) is 8.96. The number of allylic oxidation sites excluding steroid dienone is 1. The fourth-order valence-electron chi connectivity index (χ4n) is 3.25. The van der Waals surface area contributed by atoms with Crippen LogP contribution < -0.4 is 5.32 Å². The van der Waals surface area contributed by atoms with Gasteiger partial charge in [0, 0.05) is 24.6 Å². The molecule has 1 N–H and O–H groups in total. The molecule has 1 aromatic carbocycles. The number of rotatable bonds is 4. The molecule has 1 fully saturated rings. The molecular formula is C18H19Cl2NO4. The molecule has 134 valence electrons. The number of carbonyl (C=O) groups excluding carboxylic acids is 2. The summed E-state index contributed by atoms with van der Waals surface area (Å²) in [5.74, 6) is -1.12. The second kappa shape index (κ2) is 7.77. The summed E-state index contributed by atoms with van der Waals surface area (Å²) in [6.45, 7) is 2.59. The molecule has 0 bridgehead atoms. The molecule has 0 unspecified atom stereocenters. The number of hydrogen-bond acceptors (Lipinski definition) is 4. The number of amides is 1. The second-order valence-electron chi connectivity index (χ2n) is 6.22. The Morgan fingerprint density at radius 1 is 1.40 bits per heavy atom. The van der Waals surface area contributed by atoms with E-state index in [1.807, 2.05) is 0 Å². The Kier molecular flexibility index (Phi) is 5.67. The van der Waals surface area contributed by atoms with Gasteiger partial charge in [-0.1, -0.05) is 35.3 Å². The SMILES string of the molecule is CC1=C(C(=O)OC[C@H]2CCCO2)[C@@H](c2cccc(Cl)c2Cl)CC(=O)N1. The van der Waals surface area contributed by atoms with Gasteiger partial charge in [0.2, 0.25) is 5.91 Å². The van der Waals surface area contributed by atoms with Gasteiger partial charge in [0.15, 0.2) is 0 Å². The van der Waals surface area contributed by atoms with Crippen LogP contribution in [0, 0.1) is 0 Å². The summed E-state index contributed by atoms with van der Waals surface area (Å²) >= 11 is 12.4. The standard InChI is InChI=1S/C18H19Cl2NO4/c1-10-16(18(23)25-9-11-4-3-7-24-11)13(8-15(22)21-10)12-5-2-6-14(19)17(12)20/h2,5-6,11,13H,3-4,7-9H2,1H3,(H,21,22)/t11-,13-/m1/s1. The molecule has 7 heteroatoms. The summed E-state index contributed by atoms with van der Waals surface area (Å²) in [5.41, 5.74) is 1.53. The third-order valence-corrected chi connectivity index (χ3v) is 5.30. The quantitative estimate of drug-likeness (QED) is 0.806. The molecule has 0 radical (unpaired) electrons. The van der Waals surface area contributed by atoms with E-state index in [1.165, 1.54) is 0 Å². The molecule has 1 aromatic rings. The first kappa shape index (κ1) is 18.2. The highest BCUT2D eigenvalue weighted by Crippen LogP contribution is 2.39. The van der Waals surface area contributed by atoms with Crippen LogP contribution in [0.15, 0.2) is 29.5 Å². The van der Waals surface area contributed by atoms with Crippen molar-refractivity contribution in [3.8, 4) is 0 Å². The van der Waals surface area contributed by atoms with Crippen LogP contribution in [0.4, 0.5) is 0 Å². The summed E-state index contributed by atoms with van der Waals surface area (Å²) in [4.78, 5) is 24.7. The van der Waals surface area contributed by atoms with E-state index >= 15 is 0 Å². The van der Waals surface area contributed by atoms with E-state index in [-0.39, 0.29) is 25.0 Å². The zero-order valence-electron chi connectivity index (χ0n) is 13.8. The fraction of sp³-hybridized carbons (Fsp3) is 0.444. The predicted octanol–water partition coefficient (Wildman–Crippen LogP) is 3.59. The lowest BCUT2D eigenvalue weighted by Crippen LogP contribution is -2.35. The number of hydrogen-bond donors (Lipinski definition) is 1. The van der Waals surface area contributed by atoms with Crippen molar-refractivity contribution >= 4 is 35.1 Å². The number of nitrogens with one attached hydrogen (secondary N) is 1. The van der Waals surface area contributed by atoms with Gasteiger partial charge in [0.05, 0.1) is 21.7 Å². The van der Waals surface area contributed by atoms with E-state index in [2.05, 4.69) is 5.32 Å². The first-order valence-electron chi connectivity index (χ1n) is 8.20. The molecule has 5 nitrogen and oxygen atoms in total. The second-order valence-corrected chi connectivity index (χ2v) is 7.01. The average molecular weight is 384 g/mol. The van der Waals surface area contributed by atoms with Gasteiger partial charge in [0.1, 0.15) is 6.61 Å². The molecule has 0 spiro atoms. The molecular weight excluding hydrogens is 365 g/mol. The minimum Gasteiger partial charge on any atom is -0.460 e. The number of halogens is 2. The number of ether oxygens (including phenoxy) is 2. The molecule has 0 aromatic heterocycles. The van der Waals surface area contributed by atoms with Crippen LogP contribution in [0.2, 0.25) is 10.0 Å². The number of benzene rings is 1. The Hall–Kier alpha value is -1.56. The van der Waals surface area contributed by atoms with Crippen LogP contribution in [-0.4, -0.2) is 31.2 Å². The lowest BCUT2D eigenvalue weighted by molar-refractivity contribution is -0.142. The van der Waals surface area contributed by atoms with Gasteiger partial charge in [-0.15, -0.1) is 0 Å². The van der Waals surface area contributed by atoms with Crippen molar-refractivity contribution in [3.05, 3.63) is 45.1 Å². The van der Waals surface area contributed by atoms with E-state index in [4.69, 9.17) is 32.7 Å². The Morgan fingerprint density at radius 3 is 2.92 bits per heavy atom. The molecule has 2 aliphatic heterocycles. The van der Waals surface area contributed by atoms with Gasteiger partial charge in [-0.2, -0.15) is 0 Å². The van der Waals surface area contributed by atoms with Gasteiger partial charge in [-0.05, 0) is 31.4 Å². The number of esters is 1. The van der Waals surface area contributed by atoms with Crippen LogP contribution in [-0.2, 0) is 19.1 Å². The summed E-state index contributed by atoms with van der Waals surface area (Å²) < 4.78 is 10.9. The Balaban J connectivity index is 1.86. The maximum Gasteiger partial charge on any atom is 0.336 e. The minimum atomic E-state index is -0.489. The zero-order valence-corrected chi connectivity index (χ0v) is 15.3. The molecule has 0 saturated carbocycles. The largest absolute Gasteiger partial charge is 0.460 e. The van der Waals surface area contributed by atoms with Gasteiger partial charge >= 0.3 is 5.97 Å². The summed E-state index contributed by atoms with van der Waals surface area (Å²) in [7, 11) is 0. The lowest BCUT2D eigenvalue weighted by atomic mass is 9.84. The first-order chi connectivity index (χ1) is 12.0. The molecule has 1 amide bonds. The highest BCUT2D eigenvalue weighted by atomic mass is 35.5. The van der Waals surface area contributed by atoms with E-state index in [9.17, 15) is 9.59 Å². The molecule has 2 aliphatic rings. The van der Waals surface area contributed by atoms with Crippen molar-refractivity contribution in [1.29, 1.82) is 0 Å². The highest BCUT2D eigenvalue weighted by molar-refractivity contribution is 6.42. The zero-order chi connectivity index (χ0) is 18.0. The van der Waals surface area contributed by atoms with E-state index in [0.29, 0.717) is 33.5 Å². The predicted molar refractivity (Wildman–Crippen MR) is 94.6 cm³/mol. The minimum absolute atomic E-state index is 0.0590. The van der Waals surface area contributed by atoms with Crippen LogP contribution in [0.1, 0.15) is 37.7 Å². The molecule has 25 heavy (non-hydrogen) atoms. The van der Waals surface area contributed by atoms with Gasteiger partial charge in [0.25, 0.3) is 0 Å². The Labute approximate surface area is 156 Å². The van der Waals surface area contributed by atoms with Crippen LogP contribution in [0.3, 0.4) is 0 Å². The van der Waals surface area contributed by atoms with E-state index in [1.54, 1.807) is 25.1 Å². The molecule has 2 atom stereocenters. The molecule has 0 aliphatic carbocycles. The third-order valence-electron chi connectivity index (χ3n) is 4.47. The smallest absolute Gasteiger partial charge is 0.336 e. The summed E-state index contributed by atoms with van der Waals surface area (Å²) in [5, 5.41) is 3.44. The van der Waals surface area contributed by atoms with Gasteiger partial charge in [-0.25, -0.2) is 4.79 Å². The molecule has 3 rings (SSSR count). The Morgan fingerprint density at radius 2 is 2.20 bits per heavy atom. The van der Waals surface area contributed by atoms with E-state index in [0.717, 1.165) is 12.8 Å². The molecule has 2 heterocycles. The fourth-order valence-corrected chi connectivity index (χ4v) is 3.69. The topological polar surface area (TPSA) is 64.6 Å². The monoisotopic (exact) mass is 383 g/mol. The summed E-state index contributed by atoms with van der Waals surface area (Å²) in [6.07, 6.45) is 1.91. The maximum atomic E-state index is 12.7. The van der Waals surface area contributed by atoms with Gasteiger partial charge < -0.3 is 14.8 Å². The van der Waals surface area contributed by atoms with Crippen molar-refractivity contribution in [2.45, 2.75) is 38.2 Å². The third kappa shape index (κ3) is 4.00. The van der Waals surface area contributed by atoms with Crippen molar-refractivity contribution in [2.75, 3.05) is 13.2 Å². The van der Waals surface area contributed by atoms with Crippen LogP contribution >= 0.6 is 23.2 Å². The van der Waals surface area contributed by atoms with Crippen molar-refractivity contribution in [2.24, 2.45) is 0 Å². The van der Waals surface area contributed by atoms with Crippen molar-refractivity contribution < 1.29 is 19.1 Å². The number of carbonyl (C=O) groups is 2. The van der Waals surface area contributed by atoms with Crippen molar-refractivity contribution in [1.82, 2.24) is 5.32 Å². The van der Waals surface area contributed by atoms with Crippen LogP contribution in [0.5, 0.6) is 0 Å². The molecule has 1 saturated heterocycles. The van der Waals surface area contributed by atoms with E-state index < -0.39 is 11.9 Å². The highest BCUT2D eigenvalue weighted by Gasteiger charge is 2.34. The van der Waals surface area contributed by atoms with Crippen molar-refractivity contribution in [3.63, 3.8) is 0 Å². The maximum absolute atomic E-state index is 12.7. The summed E-state index contributed by atoms with van der Waals surface area (Å²) in [6, 6.07) is 5.20. The lowest BCUT2D eigenvalue weighted by Gasteiger charge is -2.27. The Bertz CT molecular complexity index is 726.